The smallest absolute Gasteiger partial charge is 0.208 e. The minimum absolute atomic E-state index is 0.667. The first-order chi connectivity index (χ1) is 9.24. The van der Waals surface area contributed by atoms with Gasteiger partial charge in [-0.2, -0.15) is 0 Å². The third-order valence-corrected chi connectivity index (χ3v) is 3.89. The van der Waals surface area contributed by atoms with E-state index >= 15 is 0 Å². The molecule has 0 atom stereocenters. The van der Waals surface area contributed by atoms with Crippen LogP contribution in [0.3, 0.4) is 0 Å². The zero-order chi connectivity index (χ0) is 13.5. The molecule has 2 rings (SSSR count). The molecule has 1 N–H and O–H groups in total. The van der Waals surface area contributed by atoms with Gasteiger partial charge in [0.05, 0.1) is 12.7 Å². The summed E-state index contributed by atoms with van der Waals surface area (Å²) in [5.74, 6) is 3.39. The molecule has 0 bridgehead atoms. The molecule has 0 aromatic carbocycles. The van der Waals surface area contributed by atoms with Crippen LogP contribution in [0.25, 0.3) is 0 Å². The normalized spacial score (nSPS) is 17.8. The molecule has 1 saturated carbocycles. The van der Waals surface area contributed by atoms with Crippen molar-refractivity contribution in [2.45, 2.75) is 65.3 Å². The molecule has 0 radical (unpaired) electrons. The molecule has 108 valence electrons. The third kappa shape index (κ3) is 5.35. The Bertz CT molecular complexity index is 351. The Balaban J connectivity index is 1.76. The van der Waals surface area contributed by atoms with E-state index in [-0.39, 0.29) is 0 Å². The molecule has 19 heavy (non-hydrogen) atoms. The minimum atomic E-state index is 0.667. The number of hydrogen-bond donors (Lipinski definition) is 1. The van der Waals surface area contributed by atoms with Crippen LogP contribution >= 0.6 is 0 Å². The molecule has 1 aliphatic carbocycles. The van der Waals surface area contributed by atoms with Crippen molar-refractivity contribution < 1.29 is 4.42 Å². The van der Waals surface area contributed by atoms with Crippen molar-refractivity contribution in [3.05, 3.63) is 17.8 Å². The maximum atomic E-state index is 5.84. The van der Waals surface area contributed by atoms with Crippen LogP contribution in [0.15, 0.2) is 10.6 Å². The molecule has 1 aromatic heterocycles. The monoisotopic (exact) mass is 264 g/mol. The number of nitrogens with one attached hydrogen (secondary N) is 1. The number of rotatable bonds is 6. The first-order valence-corrected chi connectivity index (χ1v) is 7.88. The lowest BCUT2D eigenvalue weighted by atomic mass is 9.96. The standard InChI is InChI=1S/C16H28N2O/c1-13(2)10-17-12-16-18-11-15(19-16)9-14-7-5-3-4-6-8-14/h11,13-14,17H,3-10,12H2,1-2H3. The van der Waals surface area contributed by atoms with E-state index < -0.39 is 0 Å². The Hall–Kier alpha value is -0.830. The van der Waals surface area contributed by atoms with E-state index in [1.165, 1.54) is 38.5 Å². The van der Waals surface area contributed by atoms with E-state index in [9.17, 15) is 0 Å². The Labute approximate surface area is 117 Å². The van der Waals surface area contributed by atoms with Gasteiger partial charge in [0.2, 0.25) is 5.89 Å². The van der Waals surface area contributed by atoms with Crippen LogP contribution in [-0.2, 0) is 13.0 Å². The number of oxazole rings is 1. The fourth-order valence-corrected chi connectivity index (χ4v) is 2.84. The van der Waals surface area contributed by atoms with Crippen molar-refractivity contribution in [1.82, 2.24) is 10.3 Å². The lowest BCUT2D eigenvalue weighted by molar-refractivity contribution is 0.378. The SMILES string of the molecule is CC(C)CNCc1ncc(CC2CCCCCC2)o1. The highest BCUT2D eigenvalue weighted by molar-refractivity contribution is 4.96. The fraction of sp³-hybridized carbons (Fsp3) is 0.812. The maximum absolute atomic E-state index is 5.84. The van der Waals surface area contributed by atoms with E-state index in [2.05, 4.69) is 24.1 Å². The Morgan fingerprint density at radius 1 is 1.26 bits per heavy atom. The van der Waals surface area contributed by atoms with Gasteiger partial charge in [-0.1, -0.05) is 52.4 Å². The van der Waals surface area contributed by atoms with Crippen LogP contribution in [0.4, 0.5) is 0 Å². The molecule has 0 spiro atoms. The van der Waals surface area contributed by atoms with Crippen LogP contribution in [0.2, 0.25) is 0 Å². The summed E-state index contributed by atoms with van der Waals surface area (Å²) in [4.78, 5) is 4.37. The predicted octanol–water partition coefficient (Wildman–Crippen LogP) is 3.93. The van der Waals surface area contributed by atoms with Gasteiger partial charge in [0.1, 0.15) is 5.76 Å². The van der Waals surface area contributed by atoms with E-state index in [0.717, 1.165) is 37.1 Å². The largest absolute Gasteiger partial charge is 0.444 e. The van der Waals surface area contributed by atoms with E-state index in [1.807, 2.05) is 6.20 Å². The van der Waals surface area contributed by atoms with Crippen molar-refractivity contribution >= 4 is 0 Å². The van der Waals surface area contributed by atoms with Crippen molar-refractivity contribution in [3.63, 3.8) is 0 Å². The molecular weight excluding hydrogens is 236 g/mol. The van der Waals surface area contributed by atoms with Crippen molar-refractivity contribution in [3.8, 4) is 0 Å². The van der Waals surface area contributed by atoms with E-state index in [1.54, 1.807) is 0 Å². The average Bonchev–Trinajstić information content (AvgIpc) is 2.65. The zero-order valence-corrected chi connectivity index (χ0v) is 12.5. The summed E-state index contributed by atoms with van der Waals surface area (Å²) in [5.41, 5.74) is 0. The van der Waals surface area contributed by atoms with Gasteiger partial charge in [-0.25, -0.2) is 4.98 Å². The second-order valence-corrected chi connectivity index (χ2v) is 6.31. The second-order valence-electron chi connectivity index (χ2n) is 6.31. The van der Waals surface area contributed by atoms with Gasteiger partial charge in [0, 0.05) is 6.42 Å². The third-order valence-electron chi connectivity index (χ3n) is 3.89. The quantitative estimate of drug-likeness (QED) is 0.791. The fourth-order valence-electron chi connectivity index (χ4n) is 2.84. The molecule has 0 aliphatic heterocycles. The number of hydrogen-bond acceptors (Lipinski definition) is 3. The first kappa shape index (κ1) is 14.6. The Kier molecular flexibility index (Phi) is 5.90. The van der Waals surface area contributed by atoms with Crippen molar-refractivity contribution in [2.75, 3.05) is 6.54 Å². The first-order valence-electron chi connectivity index (χ1n) is 7.88. The molecule has 3 nitrogen and oxygen atoms in total. The van der Waals surface area contributed by atoms with Crippen LogP contribution < -0.4 is 5.32 Å². The highest BCUT2D eigenvalue weighted by Gasteiger charge is 2.15. The van der Waals surface area contributed by atoms with Gasteiger partial charge in [0.25, 0.3) is 0 Å². The highest BCUT2D eigenvalue weighted by Crippen LogP contribution is 2.26. The second kappa shape index (κ2) is 7.68. The van der Waals surface area contributed by atoms with Gasteiger partial charge in [0.15, 0.2) is 0 Å². The summed E-state index contributed by atoms with van der Waals surface area (Å²) in [6.07, 6.45) is 11.3. The van der Waals surface area contributed by atoms with Crippen molar-refractivity contribution in [2.24, 2.45) is 11.8 Å². The minimum Gasteiger partial charge on any atom is -0.444 e. The van der Waals surface area contributed by atoms with E-state index in [4.69, 9.17) is 4.42 Å². The summed E-state index contributed by atoms with van der Waals surface area (Å²) in [6.45, 7) is 6.18. The zero-order valence-electron chi connectivity index (χ0n) is 12.5. The number of nitrogens with zero attached hydrogens (tertiary/aromatic N) is 1. The van der Waals surface area contributed by atoms with Crippen molar-refractivity contribution in [1.29, 1.82) is 0 Å². The topological polar surface area (TPSA) is 38.1 Å². The molecule has 3 heteroatoms. The maximum Gasteiger partial charge on any atom is 0.208 e. The lowest BCUT2D eigenvalue weighted by Gasteiger charge is -2.11. The summed E-state index contributed by atoms with van der Waals surface area (Å²) >= 11 is 0. The van der Waals surface area contributed by atoms with E-state index in [0.29, 0.717) is 5.92 Å². The summed E-state index contributed by atoms with van der Waals surface area (Å²) < 4.78 is 5.84. The van der Waals surface area contributed by atoms with Gasteiger partial charge < -0.3 is 9.73 Å². The van der Waals surface area contributed by atoms with Gasteiger partial charge in [-0.05, 0) is 18.4 Å². The molecule has 1 aliphatic rings. The van der Waals surface area contributed by atoms with Gasteiger partial charge >= 0.3 is 0 Å². The molecule has 0 saturated heterocycles. The van der Waals surface area contributed by atoms with Crippen LogP contribution in [-0.4, -0.2) is 11.5 Å². The lowest BCUT2D eigenvalue weighted by Crippen LogP contribution is -2.19. The summed E-state index contributed by atoms with van der Waals surface area (Å²) in [5, 5.41) is 3.37. The van der Waals surface area contributed by atoms with Crippen LogP contribution in [0.1, 0.15) is 64.0 Å². The number of aromatic nitrogens is 1. The highest BCUT2D eigenvalue weighted by atomic mass is 16.4. The van der Waals surface area contributed by atoms with Gasteiger partial charge in [-0.15, -0.1) is 0 Å². The molecule has 0 amide bonds. The molecule has 1 heterocycles. The average molecular weight is 264 g/mol. The van der Waals surface area contributed by atoms with Crippen LogP contribution in [0.5, 0.6) is 0 Å². The molecule has 1 fully saturated rings. The van der Waals surface area contributed by atoms with Crippen LogP contribution in [0, 0.1) is 11.8 Å². The molecular formula is C16H28N2O. The Morgan fingerprint density at radius 3 is 2.68 bits per heavy atom. The summed E-state index contributed by atoms with van der Waals surface area (Å²) in [7, 11) is 0. The molecule has 0 unspecified atom stereocenters. The predicted molar refractivity (Wildman–Crippen MR) is 77.9 cm³/mol. The Morgan fingerprint density at radius 2 is 2.00 bits per heavy atom. The summed E-state index contributed by atoms with van der Waals surface area (Å²) in [6, 6.07) is 0. The van der Waals surface area contributed by atoms with Gasteiger partial charge in [-0.3, -0.25) is 0 Å². The molecule has 1 aromatic rings.